The number of halogens is 2. The largest absolute Gasteiger partial charge is 0.454 e. The van der Waals surface area contributed by atoms with Gasteiger partial charge in [-0.15, -0.1) is 31.7 Å². The summed E-state index contributed by atoms with van der Waals surface area (Å²) in [6, 6.07) is 39.4. The molecule has 0 atom stereocenters. The molecule has 1 saturated carbocycles. The Labute approximate surface area is 653 Å². The van der Waals surface area contributed by atoms with Crippen LogP contribution in [0.3, 0.4) is 0 Å². The molecule has 11 heterocycles. The van der Waals surface area contributed by atoms with Crippen LogP contribution in [0.1, 0.15) is 126 Å². The zero-order chi connectivity index (χ0) is 78.2. The van der Waals surface area contributed by atoms with E-state index in [0.717, 1.165) is 57.7 Å². The molecule has 112 heavy (non-hydrogen) atoms. The molecule has 2 amide bonds. The van der Waals surface area contributed by atoms with E-state index in [9.17, 15) is 29.0 Å². The number of hydrogen-bond acceptors (Lipinski definition) is 23. The van der Waals surface area contributed by atoms with Crippen molar-refractivity contribution in [2.45, 2.75) is 117 Å². The lowest BCUT2D eigenvalue weighted by molar-refractivity contribution is 0.0778. The Kier molecular flexibility index (Phi) is 22.8. The van der Waals surface area contributed by atoms with E-state index in [0.29, 0.717) is 81.4 Å². The number of nitrogens with one attached hydrogen (secondary N) is 2. The molecule has 0 spiro atoms. The van der Waals surface area contributed by atoms with E-state index in [-0.39, 0.29) is 47.7 Å². The minimum absolute atomic E-state index is 0.0456. The summed E-state index contributed by atoms with van der Waals surface area (Å²) >= 11 is 5.18. The minimum Gasteiger partial charge on any atom is -0.454 e. The third kappa shape index (κ3) is 17.1. The van der Waals surface area contributed by atoms with Crippen molar-refractivity contribution in [1.82, 2.24) is 84.6 Å². The average molecular weight is 1590 g/mol. The SMILES string of the molecule is CC(C)(O)c1ccc(CNC(=O)c2cccnc2Oc2ccc3nonc3c2)cc1.CC(C)(O)c1ccc(CNC(=O)c2cncnc2Oc2ccc3c(c2)OCO3)c(F)c1.CCc1nn(C2CCCC2)c2c1CCn1c(-c3cccs3)nnc1-2.CN(C)c1nnc2n(C/C=C/c3cccnc3)c(=O)c3cc(Br)ccc3n12. The highest BCUT2D eigenvalue weighted by Crippen LogP contribution is 2.41. The van der Waals surface area contributed by atoms with E-state index in [1.54, 1.807) is 117 Å². The predicted octanol–water partition coefficient (Wildman–Crippen LogP) is 13.9. The van der Waals surface area contributed by atoms with Crippen molar-refractivity contribution in [3.8, 4) is 57.0 Å². The number of fused-ring (bicyclic) bond motifs is 8. The smallest absolute Gasteiger partial charge is 0.263 e. The second-order valence-corrected chi connectivity index (χ2v) is 29.6. The van der Waals surface area contributed by atoms with E-state index in [2.05, 4.69) is 116 Å². The highest BCUT2D eigenvalue weighted by Gasteiger charge is 2.33. The van der Waals surface area contributed by atoms with E-state index in [4.69, 9.17) is 24.0 Å². The quantitative estimate of drug-likeness (QED) is 0.0584. The summed E-state index contributed by atoms with van der Waals surface area (Å²) in [7, 11) is 3.80. The maximum atomic E-state index is 14.4. The molecule has 0 unspecified atom stereocenters. The average Bonchev–Trinajstić information content (AvgIpc) is 1.58. The second-order valence-electron chi connectivity index (χ2n) is 27.8. The summed E-state index contributed by atoms with van der Waals surface area (Å²) in [4.78, 5) is 57.8. The first kappa shape index (κ1) is 76.3. The fraction of sp³-hybridized carbons (Fsp3) is 0.259. The number of amides is 2. The molecule has 2 aliphatic heterocycles. The third-order valence-corrected chi connectivity index (χ3v) is 20.2. The van der Waals surface area contributed by atoms with Gasteiger partial charge in [0.1, 0.15) is 51.5 Å². The van der Waals surface area contributed by atoms with Crippen molar-refractivity contribution in [2.75, 3.05) is 25.8 Å². The number of ether oxygens (including phenoxy) is 4. The topological polar surface area (TPSA) is 330 Å². The van der Waals surface area contributed by atoms with E-state index < -0.39 is 22.9 Å². The summed E-state index contributed by atoms with van der Waals surface area (Å²) < 4.78 is 50.1. The number of benzene rings is 5. The third-order valence-electron chi connectivity index (χ3n) is 18.9. The van der Waals surface area contributed by atoms with Crippen LogP contribution < -0.4 is 40.0 Å². The highest BCUT2D eigenvalue weighted by molar-refractivity contribution is 9.10. The number of anilines is 1. The van der Waals surface area contributed by atoms with Crippen LogP contribution in [0.25, 0.3) is 56.0 Å². The summed E-state index contributed by atoms with van der Waals surface area (Å²) in [5, 5.41) is 58.4. The zero-order valence-electron chi connectivity index (χ0n) is 62.2. The lowest BCUT2D eigenvalue weighted by Crippen LogP contribution is -2.24. The van der Waals surface area contributed by atoms with Gasteiger partial charge in [0.15, 0.2) is 23.1 Å². The highest BCUT2D eigenvalue weighted by atomic mass is 79.9. The van der Waals surface area contributed by atoms with Gasteiger partial charge in [0.05, 0.1) is 38.7 Å². The van der Waals surface area contributed by atoms with Gasteiger partial charge in [-0.1, -0.05) is 96.4 Å². The molecule has 1 aliphatic carbocycles. The van der Waals surface area contributed by atoms with E-state index in [1.807, 2.05) is 90.1 Å². The van der Waals surface area contributed by atoms with Crippen molar-refractivity contribution in [3.05, 3.63) is 247 Å². The van der Waals surface area contributed by atoms with Crippen LogP contribution in [-0.4, -0.2) is 117 Å². The van der Waals surface area contributed by atoms with Crippen LogP contribution in [-0.2, 0) is 50.2 Å². The summed E-state index contributed by atoms with van der Waals surface area (Å²) in [5.41, 5.74) is 7.45. The Bertz CT molecular complexity index is 5810. The van der Waals surface area contributed by atoms with Crippen LogP contribution >= 0.6 is 27.3 Å². The fourth-order valence-electron chi connectivity index (χ4n) is 13.0. The summed E-state index contributed by atoms with van der Waals surface area (Å²) in [6.45, 7) is 10.5. The Morgan fingerprint density at radius 1 is 0.750 bits per heavy atom. The van der Waals surface area contributed by atoms with Crippen molar-refractivity contribution in [3.63, 3.8) is 0 Å². The van der Waals surface area contributed by atoms with Crippen LogP contribution in [0.2, 0.25) is 0 Å². The maximum absolute atomic E-state index is 14.4. The number of pyridine rings is 2. The van der Waals surface area contributed by atoms with E-state index >= 15 is 0 Å². The number of thiophene rings is 1. The van der Waals surface area contributed by atoms with Gasteiger partial charge < -0.3 is 49.3 Å². The van der Waals surface area contributed by atoms with Gasteiger partial charge in [0, 0.05) is 92.8 Å². The van der Waals surface area contributed by atoms with Gasteiger partial charge in [-0.05, 0) is 164 Å². The molecule has 5 aromatic carbocycles. The summed E-state index contributed by atoms with van der Waals surface area (Å²) in [6.07, 6.45) is 18.6. The van der Waals surface area contributed by atoms with Crippen LogP contribution in [0.15, 0.2) is 190 Å². The molecule has 0 saturated heterocycles. The van der Waals surface area contributed by atoms with Crippen LogP contribution in [0.4, 0.5) is 10.3 Å². The van der Waals surface area contributed by atoms with E-state index in [1.165, 1.54) is 72.2 Å². The molecular weight excluding hydrogens is 1520 g/mol. The predicted molar refractivity (Wildman–Crippen MR) is 422 cm³/mol. The number of aliphatic hydroxyl groups is 2. The second kappa shape index (κ2) is 33.4. The van der Waals surface area contributed by atoms with Crippen molar-refractivity contribution < 1.29 is 47.8 Å². The van der Waals surface area contributed by atoms with Gasteiger partial charge in [0.2, 0.25) is 30.3 Å². The molecule has 31 heteroatoms. The van der Waals surface area contributed by atoms with Gasteiger partial charge in [-0.25, -0.2) is 28.4 Å². The summed E-state index contributed by atoms with van der Waals surface area (Å²) in [5.74, 6) is 4.06. The number of aryl methyl sites for hydroxylation is 1. The van der Waals surface area contributed by atoms with Crippen LogP contribution in [0.5, 0.6) is 34.8 Å². The minimum atomic E-state index is -1.16. The van der Waals surface area contributed by atoms with Gasteiger partial charge in [0.25, 0.3) is 17.4 Å². The first-order valence-corrected chi connectivity index (χ1v) is 37.8. The Hall–Kier alpha value is -12.5. The molecule has 28 nitrogen and oxygen atoms in total. The molecule has 17 rings (SSSR count). The first-order chi connectivity index (χ1) is 54.1. The molecular formula is C81H78BrFN18O10S. The lowest BCUT2D eigenvalue weighted by Gasteiger charge is -2.20. The van der Waals surface area contributed by atoms with Gasteiger partial charge in [-0.2, -0.15) is 5.10 Å². The zero-order valence-corrected chi connectivity index (χ0v) is 64.6. The number of nitrogens with zero attached hydrogens (tertiary/aromatic N) is 16. The van der Waals surface area contributed by atoms with Crippen molar-refractivity contribution >= 4 is 78.8 Å². The molecule has 0 radical (unpaired) electrons. The standard InChI is InChI=1S/C22H20FN3O5.C22H20N4O4.C19H17BrN6O.C18H21N5S/c1-22(2,28)14-4-3-13(17(23)7-14)9-25-20(27)16-10-24-11-26-21(16)31-15-5-6-18-19(8-15)30-12-29-18;1-22(2,28)15-7-5-14(6-8-15)13-24-20(27)17-4-3-11-23-21(17)29-16-9-10-18-19(12-16)26-30-25-18;1-24(2)18-22-23-19-25(10-4-6-13-5-3-9-21-12-13)17(27)15-11-14(20)7-8-16(15)26(18)19;1-2-14-13-9-10-22-17(15-8-5-11-24-15)19-20-18(22)16(13)23(21-14)12-6-3-4-7-12/h3-8,10-11,28H,9,12H2,1-2H3,(H,25,27);3-12,28H,13H2,1-2H3,(H,24,27);3-9,11-12H,10H2,1-2H3;5,8,11-12H,2-4,6-7,9-10H2,1H3/b;;6-4+;. The molecule has 572 valence electrons. The molecule has 14 aromatic rings. The van der Waals surface area contributed by atoms with Gasteiger partial charge >= 0.3 is 0 Å². The Balaban J connectivity index is 0.000000124. The number of hydrogen-bond donors (Lipinski definition) is 4. The number of allylic oxidation sites excluding steroid dienone is 1. The lowest BCUT2D eigenvalue weighted by atomic mass is 9.97. The number of carbonyl (C=O) groups excluding carboxylic acids is 2. The molecule has 9 aromatic heterocycles. The Morgan fingerprint density at radius 2 is 1.48 bits per heavy atom. The maximum Gasteiger partial charge on any atom is 0.263 e. The molecule has 0 bridgehead atoms. The molecule has 4 N–H and O–H groups in total. The molecule has 3 aliphatic rings. The Morgan fingerprint density at radius 3 is 2.23 bits per heavy atom. The van der Waals surface area contributed by atoms with Crippen LogP contribution in [0, 0.1) is 5.82 Å². The first-order valence-electron chi connectivity index (χ1n) is 36.1. The molecule has 1 fully saturated rings. The monoisotopic (exact) mass is 1590 g/mol. The normalized spacial score (nSPS) is 13.0. The van der Waals surface area contributed by atoms with Crippen molar-refractivity contribution in [2.24, 2.45) is 0 Å². The number of carbonyl (C=O) groups is 2. The fourth-order valence-corrected chi connectivity index (χ4v) is 14.1. The number of aromatic nitrogens is 15. The van der Waals surface area contributed by atoms with Gasteiger partial charge in [-0.3, -0.25) is 28.6 Å². The number of rotatable bonds is 19. The van der Waals surface area contributed by atoms with Crippen molar-refractivity contribution in [1.29, 1.82) is 0 Å².